The molecule has 0 saturated heterocycles. The lowest BCUT2D eigenvalue weighted by atomic mass is 10.1. The number of anilines is 1. The van der Waals surface area contributed by atoms with E-state index < -0.39 is 21.8 Å². The molecule has 2 aliphatic heterocycles. The van der Waals surface area contributed by atoms with E-state index in [1.807, 2.05) is 0 Å². The fraction of sp³-hybridized carbons (Fsp3) is 0.125. The van der Waals surface area contributed by atoms with Crippen LogP contribution >= 0.6 is 0 Å². The smallest absolute Gasteiger partial charge is 0.266 e. The fourth-order valence-electron chi connectivity index (χ4n) is 2.87. The van der Waals surface area contributed by atoms with Gasteiger partial charge in [-0.15, -0.1) is 0 Å². The predicted molar refractivity (Wildman–Crippen MR) is 86.4 cm³/mol. The number of carbonyl (C=O) groups is 2. The molecule has 2 N–H and O–H groups in total. The summed E-state index contributed by atoms with van der Waals surface area (Å²) < 4.78 is 34.8. The maximum atomic E-state index is 12.7. The van der Waals surface area contributed by atoms with Crippen LogP contribution in [0.25, 0.3) is 0 Å². The number of hydrogen-bond acceptors (Lipinski definition) is 6. The van der Waals surface area contributed by atoms with E-state index >= 15 is 0 Å². The highest BCUT2D eigenvalue weighted by atomic mass is 32.2. The molecule has 128 valence electrons. The number of sulfonamides is 1. The van der Waals surface area contributed by atoms with Gasteiger partial charge in [0.15, 0.2) is 11.5 Å². The van der Waals surface area contributed by atoms with E-state index in [9.17, 15) is 18.0 Å². The Morgan fingerprint density at radius 1 is 0.920 bits per heavy atom. The number of nitrogens with two attached hydrogens (primary N) is 1. The third kappa shape index (κ3) is 2.36. The van der Waals surface area contributed by atoms with Crippen LogP contribution < -0.4 is 19.5 Å². The van der Waals surface area contributed by atoms with Crippen LogP contribution in [0.1, 0.15) is 20.7 Å². The highest BCUT2D eigenvalue weighted by molar-refractivity contribution is 7.89. The number of imide groups is 1. The third-order valence-corrected chi connectivity index (χ3v) is 4.91. The van der Waals surface area contributed by atoms with Crippen molar-refractivity contribution in [3.63, 3.8) is 0 Å². The van der Waals surface area contributed by atoms with Gasteiger partial charge < -0.3 is 9.47 Å². The summed E-state index contributed by atoms with van der Waals surface area (Å²) in [5.41, 5.74) is 0.239. The molecule has 2 heterocycles. The highest BCUT2D eigenvalue weighted by Gasteiger charge is 2.39. The molecule has 0 saturated carbocycles. The SMILES string of the molecule is NS(=O)(=O)c1cc2c(cc1N1C(=O)c3ccccc3C1=O)OCCO2. The Hall–Kier alpha value is -2.91. The first-order valence-electron chi connectivity index (χ1n) is 7.32. The van der Waals surface area contributed by atoms with E-state index in [-0.39, 0.29) is 46.4 Å². The van der Waals surface area contributed by atoms with Crippen molar-refractivity contribution < 1.29 is 27.5 Å². The lowest BCUT2D eigenvalue weighted by Gasteiger charge is -2.23. The fourth-order valence-corrected chi connectivity index (χ4v) is 3.58. The van der Waals surface area contributed by atoms with Gasteiger partial charge in [0.25, 0.3) is 11.8 Å². The van der Waals surface area contributed by atoms with Gasteiger partial charge in [-0.05, 0) is 12.1 Å². The molecule has 0 fully saturated rings. The van der Waals surface area contributed by atoms with Crippen molar-refractivity contribution >= 4 is 27.5 Å². The molecule has 0 aliphatic carbocycles. The zero-order valence-corrected chi connectivity index (χ0v) is 13.6. The van der Waals surface area contributed by atoms with Crippen molar-refractivity contribution in [3.05, 3.63) is 47.5 Å². The number of nitrogens with zero attached hydrogens (tertiary/aromatic N) is 1. The van der Waals surface area contributed by atoms with Crippen molar-refractivity contribution in [2.24, 2.45) is 5.14 Å². The van der Waals surface area contributed by atoms with Crippen LogP contribution in [0, 0.1) is 0 Å². The van der Waals surface area contributed by atoms with Crippen molar-refractivity contribution in [2.75, 3.05) is 18.1 Å². The molecule has 0 radical (unpaired) electrons. The molecular weight excluding hydrogens is 348 g/mol. The number of amides is 2. The van der Waals surface area contributed by atoms with Crippen LogP contribution in [0.15, 0.2) is 41.3 Å². The van der Waals surface area contributed by atoms with E-state index in [0.717, 1.165) is 4.90 Å². The van der Waals surface area contributed by atoms with Gasteiger partial charge >= 0.3 is 0 Å². The molecule has 0 spiro atoms. The lowest BCUT2D eigenvalue weighted by Crippen LogP contribution is -2.32. The van der Waals surface area contributed by atoms with E-state index in [1.54, 1.807) is 12.1 Å². The highest BCUT2D eigenvalue weighted by Crippen LogP contribution is 2.41. The Labute approximate surface area is 142 Å². The van der Waals surface area contributed by atoms with Crippen molar-refractivity contribution in [2.45, 2.75) is 4.90 Å². The molecule has 25 heavy (non-hydrogen) atoms. The number of hydrogen-bond donors (Lipinski definition) is 1. The second kappa shape index (κ2) is 5.30. The van der Waals surface area contributed by atoms with Crippen LogP contribution in [0.4, 0.5) is 5.69 Å². The molecule has 9 heteroatoms. The summed E-state index contributed by atoms with van der Waals surface area (Å²) in [6.07, 6.45) is 0. The predicted octanol–water partition coefficient (Wildman–Crippen LogP) is 0.906. The van der Waals surface area contributed by atoms with Crippen LogP contribution in [0.2, 0.25) is 0 Å². The summed E-state index contributed by atoms with van der Waals surface area (Å²) in [5, 5.41) is 5.28. The minimum absolute atomic E-state index is 0.155. The van der Waals surface area contributed by atoms with Gasteiger partial charge in [-0.1, -0.05) is 12.1 Å². The second-order valence-corrected chi connectivity index (χ2v) is 7.03. The topological polar surface area (TPSA) is 116 Å². The summed E-state index contributed by atoms with van der Waals surface area (Å²) in [7, 11) is -4.22. The zero-order chi connectivity index (χ0) is 17.8. The largest absolute Gasteiger partial charge is 0.486 e. The first-order valence-corrected chi connectivity index (χ1v) is 8.87. The molecule has 2 aliphatic rings. The number of rotatable bonds is 2. The van der Waals surface area contributed by atoms with Gasteiger partial charge in [0.1, 0.15) is 18.1 Å². The van der Waals surface area contributed by atoms with Crippen molar-refractivity contribution in [1.29, 1.82) is 0 Å². The molecule has 2 aromatic carbocycles. The normalized spacial score (nSPS) is 16.1. The summed E-state index contributed by atoms with van der Waals surface area (Å²) in [6.45, 7) is 0.521. The minimum Gasteiger partial charge on any atom is -0.486 e. The Kier molecular flexibility index (Phi) is 3.31. The number of primary sulfonamides is 1. The standard InChI is InChI=1S/C16H12N2O6S/c17-25(21,22)14-8-13-12(23-5-6-24-13)7-11(14)18-15(19)9-3-1-2-4-10(9)16(18)20/h1-4,7-8H,5-6H2,(H2,17,21,22). The van der Waals surface area contributed by atoms with Gasteiger partial charge in [0.2, 0.25) is 10.0 Å². The molecular formula is C16H12N2O6S. The van der Waals surface area contributed by atoms with Crippen molar-refractivity contribution in [1.82, 2.24) is 0 Å². The number of carbonyl (C=O) groups excluding carboxylic acids is 2. The molecule has 2 amide bonds. The Balaban J connectivity index is 1.94. The summed E-state index contributed by atoms with van der Waals surface area (Å²) in [5.74, 6) is -0.815. The van der Waals surface area contributed by atoms with Gasteiger partial charge in [-0.25, -0.2) is 18.5 Å². The molecule has 2 aromatic rings. The number of ether oxygens (including phenoxy) is 2. The summed E-state index contributed by atoms with van der Waals surface area (Å²) in [4.78, 5) is 25.7. The van der Waals surface area contributed by atoms with Crippen molar-refractivity contribution in [3.8, 4) is 11.5 Å². The lowest BCUT2D eigenvalue weighted by molar-refractivity contribution is 0.0925. The molecule has 0 atom stereocenters. The van der Waals surface area contributed by atoms with Crippen LogP contribution in [-0.2, 0) is 10.0 Å². The first kappa shape index (κ1) is 15.6. The second-order valence-electron chi connectivity index (χ2n) is 5.50. The molecule has 4 rings (SSSR count). The quantitative estimate of drug-likeness (QED) is 0.796. The minimum atomic E-state index is -4.22. The maximum absolute atomic E-state index is 12.7. The molecule has 0 aromatic heterocycles. The third-order valence-electron chi connectivity index (χ3n) is 3.97. The average molecular weight is 360 g/mol. The molecule has 8 nitrogen and oxygen atoms in total. The van der Waals surface area contributed by atoms with Gasteiger partial charge in [-0.3, -0.25) is 9.59 Å². The van der Waals surface area contributed by atoms with Gasteiger partial charge in [0.05, 0.1) is 16.8 Å². The van der Waals surface area contributed by atoms with E-state index in [1.165, 1.54) is 24.3 Å². The summed E-state index contributed by atoms with van der Waals surface area (Å²) in [6, 6.07) is 8.71. The van der Waals surface area contributed by atoms with Gasteiger partial charge in [-0.2, -0.15) is 0 Å². The van der Waals surface area contributed by atoms with Crippen LogP contribution in [0.3, 0.4) is 0 Å². The number of fused-ring (bicyclic) bond motifs is 2. The van der Waals surface area contributed by atoms with E-state index in [0.29, 0.717) is 0 Å². The van der Waals surface area contributed by atoms with E-state index in [2.05, 4.69) is 0 Å². The van der Waals surface area contributed by atoms with Crippen LogP contribution in [-0.4, -0.2) is 33.4 Å². The molecule has 0 bridgehead atoms. The number of benzene rings is 2. The Morgan fingerprint density at radius 2 is 1.44 bits per heavy atom. The summed E-state index contributed by atoms with van der Waals surface area (Å²) >= 11 is 0. The molecule has 0 unspecified atom stereocenters. The zero-order valence-electron chi connectivity index (χ0n) is 12.8. The van der Waals surface area contributed by atoms with Gasteiger partial charge in [0, 0.05) is 12.1 Å². The first-order chi connectivity index (χ1) is 11.9. The van der Waals surface area contributed by atoms with Crippen LogP contribution in [0.5, 0.6) is 11.5 Å². The maximum Gasteiger partial charge on any atom is 0.266 e. The Morgan fingerprint density at radius 3 is 1.96 bits per heavy atom. The Bertz CT molecular complexity index is 996. The monoisotopic (exact) mass is 360 g/mol. The van der Waals surface area contributed by atoms with E-state index in [4.69, 9.17) is 14.6 Å². The average Bonchev–Trinajstić information content (AvgIpc) is 2.84.